The van der Waals surface area contributed by atoms with Crippen molar-refractivity contribution in [1.29, 1.82) is 0 Å². The van der Waals surface area contributed by atoms with Crippen molar-refractivity contribution >= 4 is 28.5 Å². The number of pyridine rings is 1. The minimum absolute atomic E-state index is 0.0153. The standard InChI is InChI=1S/C31H36F3N5O3/c32-31(33,34)23-5-3-20(4-6-23)15-21-16-27(28(40)9-7-24-17-22-18-36-12-11-26(22)37-24)39(19-21)30(42)25(35)8-10-29(41)38-13-1-2-14-38/h3-6,11-12,17-18,21,25,27,37H,1-2,7-10,13-16,19,35H2. The van der Waals surface area contributed by atoms with E-state index in [1.807, 2.05) is 12.1 Å². The third-order valence-corrected chi connectivity index (χ3v) is 8.41. The summed E-state index contributed by atoms with van der Waals surface area (Å²) in [5, 5.41) is 0.948. The lowest BCUT2D eigenvalue weighted by atomic mass is 9.94. The molecule has 2 fully saturated rings. The van der Waals surface area contributed by atoms with Crippen LogP contribution in [0.2, 0.25) is 0 Å². The van der Waals surface area contributed by atoms with Crippen molar-refractivity contribution in [2.45, 2.75) is 69.6 Å². The zero-order valence-electron chi connectivity index (χ0n) is 23.4. The van der Waals surface area contributed by atoms with Gasteiger partial charge >= 0.3 is 6.18 Å². The first-order valence-electron chi connectivity index (χ1n) is 14.5. The summed E-state index contributed by atoms with van der Waals surface area (Å²) in [6, 6.07) is 7.22. The predicted octanol–water partition coefficient (Wildman–Crippen LogP) is 4.27. The van der Waals surface area contributed by atoms with Crippen LogP contribution in [0.15, 0.2) is 48.8 Å². The van der Waals surface area contributed by atoms with Crippen molar-refractivity contribution in [3.63, 3.8) is 0 Å². The molecular weight excluding hydrogens is 547 g/mol. The molecule has 3 unspecified atom stereocenters. The molecule has 1 aromatic carbocycles. The molecule has 11 heteroatoms. The maximum Gasteiger partial charge on any atom is 0.416 e. The van der Waals surface area contributed by atoms with E-state index in [0.29, 0.717) is 24.8 Å². The summed E-state index contributed by atoms with van der Waals surface area (Å²) >= 11 is 0. The summed E-state index contributed by atoms with van der Waals surface area (Å²) in [7, 11) is 0. The Bertz CT molecular complexity index is 1380. The third kappa shape index (κ3) is 7.00. The molecule has 0 radical (unpaired) electrons. The maximum atomic E-state index is 13.5. The highest BCUT2D eigenvalue weighted by molar-refractivity contribution is 5.92. The average Bonchev–Trinajstić information content (AvgIpc) is 3.74. The topological polar surface area (TPSA) is 112 Å². The molecule has 2 amide bonds. The zero-order chi connectivity index (χ0) is 29.9. The first kappa shape index (κ1) is 29.8. The molecule has 2 aliphatic heterocycles. The van der Waals surface area contributed by atoms with Gasteiger partial charge in [0, 0.05) is 61.5 Å². The first-order valence-corrected chi connectivity index (χ1v) is 14.5. The number of aryl methyl sites for hydroxylation is 1. The van der Waals surface area contributed by atoms with Crippen LogP contribution < -0.4 is 5.73 Å². The number of hydrogen-bond donors (Lipinski definition) is 2. The Kier molecular flexibility index (Phi) is 8.96. The second-order valence-electron chi connectivity index (χ2n) is 11.5. The first-order chi connectivity index (χ1) is 20.1. The normalized spacial score (nSPS) is 19.9. The lowest BCUT2D eigenvalue weighted by Crippen LogP contribution is -2.49. The van der Waals surface area contributed by atoms with Crippen LogP contribution >= 0.6 is 0 Å². The lowest BCUT2D eigenvalue weighted by Gasteiger charge is -2.27. The van der Waals surface area contributed by atoms with E-state index in [4.69, 9.17) is 5.73 Å². The summed E-state index contributed by atoms with van der Waals surface area (Å²) in [6.07, 6.45) is 2.85. The molecule has 0 aliphatic carbocycles. The molecule has 0 saturated carbocycles. The monoisotopic (exact) mass is 583 g/mol. The fraction of sp³-hybridized carbons (Fsp3) is 0.484. The van der Waals surface area contributed by atoms with Gasteiger partial charge in [0.1, 0.15) is 0 Å². The van der Waals surface area contributed by atoms with E-state index in [2.05, 4.69) is 9.97 Å². The summed E-state index contributed by atoms with van der Waals surface area (Å²) in [5.41, 5.74) is 8.09. The van der Waals surface area contributed by atoms with Crippen LogP contribution in [0.4, 0.5) is 13.2 Å². The molecule has 42 heavy (non-hydrogen) atoms. The number of Topliss-reactive ketones (excluding diaryl/α,β-unsaturated/α-hetero) is 1. The fourth-order valence-corrected chi connectivity index (χ4v) is 6.11. The van der Waals surface area contributed by atoms with Crippen molar-refractivity contribution in [2.75, 3.05) is 19.6 Å². The van der Waals surface area contributed by atoms with E-state index in [1.54, 1.807) is 17.3 Å². The minimum atomic E-state index is -4.42. The van der Waals surface area contributed by atoms with E-state index in [0.717, 1.165) is 54.7 Å². The molecule has 0 bridgehead atoms. The fourth-order valence-electron chi connectivity index (χ4n) is 6.11. The van der Waals surface area contributed by atoms with Crippen molar-refractivity contribution < 1.29 is 27.6 Å². The summed E-state index contributed by atoms with van der Waals surface area (Å²) in [6.45, 7) is 1.73. The Morgan fingerprint density at radius 2 is 1.81 bits per heavy atom. The molecular formula is C31H36F3N5O3. The quantitative estimate of drug-likeness (QED) is 0.370. The number of fused-ring (bicyclic) bond motifs is 1. The van der Waals surface area contributed by atoms with Crippen molar-refractivity contribution in [3.8, 4) is 0 Å². The van der Waals surface area contributed by atoms with E-state index in [9.17, 15) is 27.6 Å². The molecule has 2 aliphatic rings. The number of nitrogens with zero attached hydrogens (tertiary/aromatic N) is 3. The molecule has 3 N–H and O–H groups in total. The number of rotatable bonds is 10. The summed E-state index contributed by atoms with van der Waals surface area (Å²) in [4.78, 5) is 50.3. The number of alkyl halides is 3. The number of ketones is 1. The number of carbonyl (C=O) groups is 3. The highest BCUT2D eigenvalue weighted by Gasteiger charge is 2.40. The lowest BCUT2D eigenvalue weighted by molar-refractivity contribution is -0.139. The maximum absolute atomic E-state index is 13.5. The van der Waals surface area contributed by atoms with Gasteiger partial charge in [-0.25, -0.2) is 0 Å². The van der Waals surface area contributed by atoms with E-state index >= 15 is 0 Å². The van der Waals surface area contributed by atoms with Gasteiger partial charge in [-0.15, -0.1) is 0 Å². The van der Waals surface area contributed by atoms with Crippen LogP contribution in [-0.2, 0) is 33.4 Å². The van der Waals surface area contributed by atoms with Crippen LogP contribution in [0.1, 0.15) is 55.3 Å². The van der Waals surface area contributed by atoms with E-state index in [-0.39, 0.29) is 49.3 Å². The van der Waals surface area contributed by atoms with Crippen LogP contribution in [0.3, 0.4) is 0 Å². The summed E-state index contributed by atoms with van der Waals surface area (Å²) in [5.74, 6) is -0.583. The van der Waals surface area contributed by atoms with Gasteiger partial charge in [-0.2, -0.15) is 13.2 Å². The van der Waals surface area contributed by atoms with Crippen LogP contribution in [0.5, 0.6) is 0 Å². The number of hydrogen-bond acceptors (Lipinski definition) is 5. The second kappa shape index (κ2) is 12.6. The SMILES string of the molecule is NC(CCC(=O)N1CCCC1)C(=O)N1CC(Cc2ccc(C(F)(F)F)cc2)CC1C(=O)CCc1cc2cnccc2[nH]1. The zero-order valence-corrected chi connectivity index (χ0v) is 23.4. The van der Waals surface area contributed by atoms with Gasteiger partial charge in [0.15, 0.2) is 5.78 Å². The van der Waals surface area contributed by atoms with Crippen LogP contribution in [0, 0.1) is 5.92 Å². The number of carbonyl (C=O) groups excluding carboxylic acids is 3. The van der Waals surface area contributed by atoms with Crippen molar-refractivity contribution in [1.82, 2.24) is 19.8 Å². The van der Waals surface area contributed by atoms with Gasteiger partial charge < -0.3 is 20.5 Å². The van der Waals surface area contributed by atoms with Gasteiger partial charge in [0.25, 0.3) is 0 Å². The number of aromatic amines is 1. The van der Waals surface area contributed by atoms with Gasteiger partial charge in [-0.1, -0.05) is 12.1 Å². The predicted molar refractivity (Wildman–Crippen MR) is 151 cm³/mol. The number of aromatic nitrogens is 2. The Labute approximate surface area is 242 Å². The molecule has 5 rings (SSSR count). The molecule has 224 valence electrons. The van der Waals surface area contributed by atoms with Gasteiger partial charge in [0.2, 0.25) is 11.8 Å². The molecule has 3 aromatic rings. The van der Waals surface area contributed by atoms with Crippen LogP contribution in [-0.4, -0.2) is 69.1 Å². The third-order valence-electron chi connectivity index (χ3n) is 8.41. The number of halogens is 3. The molecule has 2 saturated heterocycles. The number of benzene rings is 1. The minimum Gasteiger partial charge on any atom is -0.358 e. The Hall–Kier alpha value is -3.73. The smallest absolute Gasteiger partial charge is 0.358 e. The van der Waals surface area contributed by atoms with Crippen LogP contribution in [0.25, 0.3) is 10.9 Å². The van der Waals surface area contributed by atoms with Gasteiger partial charge in [0.05, 0.1) is 17.6 Å². The Morgan fingerprint density at radius 1 is 1.07 bits per heavy atom. The molecule has 0 spiro atoms. The van der Waals surface area contributed by atoms with Gasteiger partial charge in [-0.05, 0) is 74.3 Å². The largest absolute Gasteiger partial charge is 0.416 e. The van der Waals surface area contributed by atoms with Gasteiger partial charge in [-0.3, -0.25) is 19.4 Å². The average molecular weight is 584 g/mol. The van der Waals surface area contributed by atoms with E-state index in [1.165, 1.54) is 17.0 Å². The molecule has 2 aromatic heterocycles. The molecule has 3 atom stereocenters. The Balaban J connectivity index is 1.25. The highest BCUT2D eigenvalue weighted by Crippen LogP contribution is 2.32. The Morgan fingerprint density at radius 3 is 2.50 bits per heavy atom. The highest BCUT2D eigenvalue weighted by atomic mass is 19.4. The van der Waals surface area contributed by atoms with E-state index < -0.39 is 23.8 Å². The number of amides is 2. The van der Waals surface area contributed by atoms with Crippen molar-refractivity contribution in [2.24, 2.45) is 11.7 Å². The second-order valence-corrected chi connectivity index (χ2v) is 11.5. The number of H-pyrrole nitrogens is 1. The number of likely N-dealkylation sites (tertiary alicyclic amines) is 2. The number of nitrogens with two attached hydrogens (primary N) is 1. The summed E-state index contributed by atoms with van der Waals surface area (Å²) < 4.78 is 39.0. The van der Waals surface area contributed by atoms with Crippen molar-refractivity contribution in [3.05, 3.63) is 65.6 Å². The molecule has 8 nitrogen and oxygen atoms in total. The molecule has 4 heterocycles. The number of nitrogens with one attached hydrogen (secondary N) is 1.